The fourth-order valence-corrected chi connectivity index (χ4v) is 3.11. The molecule has 2 aromatic heterocycles. The molecule has 0 bridgehead atoms. The van der Waals surface area contributed by atoms with Gasteiger partial charge in [0.2, 0.25) is 5.78 Å². The maximum atomic E-state index is 4.77. The number of nitrogens with zero attached hydrogens (tertiary/aromatic N) is 3. The van der Waals surface area contributed by atoms with Crippen molar-refractivity contribution < 1.29 is 0 Å². The summed E-state index contributed by atoms with van der Waals surface area (Å²) in [6.07, 6.45) is 2.13. The highest BCUT2D eigenvalue weighted by atomic mass is 15.1. The Morgan fingerprint density at radius 3 is 2.79 bits per heavy atom. The molecular formula is C16H15N3. The zero-order valence-electron chi connectivity index (χ0n) is 11.1. The van der Waals surface area contributed by atoms with Gasteiger partial charge >= 0.3 is 0 Å². The molecule has 0 amide bonds. The first-order valence-corrected chi connectivity index (χ1v) is 6.68. The fourth-order valence-electron chi connectivity index (χ4n) is 3.11. The number of hydrogen-bond acceptors (Lipinski definition) is 2. The Labute approximate surface area is 111 Å². The molecule has 0 unspecified atom stereocenters. The molecule has 3 heteroatoms. The second-order valence-corrected chi connectivity index (χ2v) is 5.24. The van der Waals surface area contributed by atoms with E-state index in [1.165, 1.54) is 22.5 Å². The highest BCUT2D eigenvalue weighted by Crippen LogP contribution is 2.33. The lowest BCUT2D eigenvalue weighted by Crippen LogP contribution is -2.07. The molecule has 0 saturated heterocycles. The summed E-state index contributed by atoms with van der Waals surface area (Å²) in [6.45, 7) is 4.15. The van der Waals surface area contributed by atoms with Crippen LogP contribution in [0.1, 0.15) is 22.6 Å². The Morgan fingerprint density at radius 1 is 1.05 bits per heavy atom. The quantitative estimate of drug-likeness (QED) is 0.613. The Bertz CT molecular complexity index is 799. The van der Waals surface area contributed by atoms with Crippen molar-refractivity contribution in [3.63, 3.8) is 0 Å². The molecule has 0 N–H and O–H groups in total. The maximum Gasteiger partial charge on any atom is 0.234 e. The number of aryl methyl sites for hydroxylation is 4. The van der Waals surface area contributed by atoms with E-state index in [4.69, 9.17) is 4.98 Å². The van der Waals surface area contributed by atoms with E-state index in [0.29, 0.717) is 0 Å². The van der Waals surface area contributed by atoms with E-state index in [2.05, 4.69) is 46.6 Å². The zero-order chi connectivity index (χ0) is 13.0. The van der Waals surface area contributed by atoms with Crippen molar-refractivity contribution >= 4 is 5.78 Å². The zero-order valence-corrected chi connectivity index (χ0v) is 11.1. The number of imidazole rings is 1. The monoisotopic (exact) mass is 249 g/mol. The van der Waals surface area contributed by atoms with Crippen molar-refractivity contribution in [3.05, 3.63) is 53.0 Å². The molecule has 0 radical (unpaired) electrons. The molecule has 1 aromatic carbocycles. The normalized spacial score (nSPS) is 13.4. The summed E-state index contributed by atoms with van der Waals surface area (Å²) in [5.41, 5.74) is 7.33. The van der Waals surface area contributed by atoms with E-state index in [1.807, 2.05) is 6.92 Å². The van der Waals surface area contributed by atoms with Crippen LogP contribution in [0.25, 0.3) is 17.0 Å². The Hall–Kier alpha value is -2.16. The van der Waals surface area contributed by atoms with Gasteiger partial charge in [-0.2, -0.15) is 0 Å². The molecule has 0 atom stereocenters. The van der Waals surface area contributed by atoms with Crippen LogP contribution in [0.4, 0.5) is 0 Å². The van der Waals surface area contributed by atoms with Crippen LogP contribution in [0.15, 0.2) is 30.3 Å². The number of rotatable bonds is 0. The van der Waals surface area contributed by atoms with Crippen molar-refractivity contribution in [1.29, 1.82) is 0 Å². The average Bonchev–Trinajstić information content (AvgIpc) is 2.77. The molecule has 3 nitrogen and oxygen atoms in total. The summed E-state index contributed by atoms with van der Waals surface area (Å²) in [5, 5.41) is 0. The minimum atomic E-state index is 0.833. The molecule has 2 heterocycles. The van der Waals surface area contributed by atoms with Gasteiger partial charge in [-0.25, -0.2) is 9.97 Å². The first kappa shape index (κ1) is 10.7. The van der Waals surface area contributed by atoms with Gasteiger partial charge in [0, 0.05) is 17.0 Å². The summed E-state index contributed by atoms with van der Waals surface area (Å²) in [6, 6.07) is 10.7. The Kier molecular flexibility index (Phi) is 2.07. The molecular weight excluding hydrogens is 234 g/mol. The van der Waals surface area contributed by atoms with Crippen LogP contribution in [-0.2, 0) is 12.8 Å². The van der Waals surface area contributed by atoms with Crippen molar-refractivity contribution in [3.8, 4) is 11.3 Å². The van der Waals surface area contributed by atoms with Crippen molar-refractivity contribution in [2.45, 2.75) is 26.7 Å². The maximum absolute atomic E-state index is 4.77. The van der Waals surface area contributed by atoms with Crippen molar-refractivity contribution in [2.75, 3.05) is 0 Å². The van der Waals surface area contributed by atoms with E-state index < -0.39 is 0 Å². The van der Waals surface area contributed by atoms with Crippen molar-refractivity contribution in [1.82, 2.24) is 14.4 Å². The molecule has 0 saturated carbocycles. The lowest BCUT2D eigenvalue weighted by molar-refractivity contribution is 0.858. The summed E-state index contributed by atoms with van der Waals surface area (Å²) >= 11 is 0. The fraction of sp³-hybridized carbons (Fsp3) is 0.250. The highest BCUT2D eigenvalue weighted by molar-refractivity contribution is 5.71. The predicted octanol–water partition coefficient (Wildman–Crippen LogP) is 3.11. The van der Waals surface area contributed by atoms with Crippen LogP contribution in [0.5, 0.6) is 0 Å². The van der Waals surface area contributed by atoms with E-state index in [9.17, 15) is 0 Å². The molecule has 0 spiro atoms. The van der Waals surface area contributed by atoms with Gasteiger partial charge in [-0.3, -0.25) is 4.40 Å². The minimum absolute atomic E-state index is 0.833. The lowest BCUT2D eigenvalue weighted by Gasteiger charge is -2.15. The van der Waals surface area contributed by atoms with Crippen LogP contribution in [-0.4, -0.2) is 14.4 Å². The number of aromatic nitrogens is 3. The summed E-state index contributed by atoms with van der Waals surface area (Å²) < 4.78 is 2.21. The number of fused-ring (bicyclic) bond motifs is 5. The number of hydrogen-bond donors (Lipinski definition) is 0. The van der Waals surface area contributed by atoms with E-state index in [0.717, 1.165) is 30.0 Å². The second kappa shape index (κ2) is 3.67. The summed E-state index contributed by atoms with van der Waals surface area (Å²) in [5.74, 6) is 0.833. The van der Waals surface area contributed by atoms with Crippen LogP contribution < -0.4 is 0 Å². The van der Waals surface area contributed by atoms with Gasteiger partial charge in [-0.05, 0) is 38.3 Å². The number of benzene rings is 1. The molecule has 3 aromatic rings. The molecule has 19 heavy (non-hydrogen) atoms. The van der Waals surface area contributed by atoms with Gasteiger partial charge < -0.3 is 0 Å². The van der Waals surface area contributed by atoms with Crippen LogP contribution >= 0.6 is 0 Å². The first-order chi connectivity index (χ1) is 9.24. The Morgan fingerprint density at radius 2 is 1.89 bits per heavy atom. The SMILES string of the molecule is Cc1cc(C)n2c3c(nc2n1)-c1ccccc1CC3. The summed E-state index contributed by atoms with van der Waals surface area (Å²) in [7, 11) is 0. The molecule has 94 valence electrons. The van der Waals surface area contributed by atoms with Gasteiger partial charge in [0.25, 0.3) is 0 Å². The molecule has 0 fully saturated rings. The van der Waals surface area contributed by atoms with Gasteiger partial charge in [0.1, 0.15) is 0 Å². The van der Waals surface area contributed by atoms with Gasteiger partial charge in [0.05, 0.1) is 11.4 Å². The Balaban J connectivity index is 2.11. The van der Waals surface area contributed by atoms with E-state index in [-0.39, 0.29) is 0 Å². The van der Waals surface area contributed by atoms with Gasteiger partial charge in [-0.15, -0.1) is 0 Å². The summed E-state index contributed by atoms with van der Waals surface area (Å²) in [4.78, 5) is 9.33. The van der Waals surface area contributed by atoms with E-state index in [1.54, 1.807) is 0 Å². The minimum Gasteiger partial charge on any atom is -0.285 e. The third-order valence-corrected chi connectivity index (χ3v) is 3.91. The largest absolute Gasteiger partial charge is 0.285 e. The van der Waals surface area contributed by atoms with Crippen molar-refractivity contribution in [2.24, 2.45) is 0 Å². The molecule has 4 rings (SSSR count). The predicted molar refractivity (Wildman–Crippen MR) is 75.3 cm³/mol. The average molecular weight is 249 g/mol. The van der Waals surface area contributed by atoms with E-state index >= 15 is 0 Å². The van der Waals surface area contributed by atoms with Crippen LogP contribution in [0.3, 0.4) is 0 Å². The van der Waals surface area contributed by atoms with Crippen LogP contribution in [0.2, 0.25) is 0 Å². The molecule has 1 aliphatic rings. The third-order valence-electron chi connectivity index (χ3n) is 3.91. The van der Waals surface area contributed by atoms with Gasteiger partial charge in [0.15, 0.2) is 0 Å². The first-order valence-electron chi connectivity index (χ1n) is 6.68. The topological polar surface area (TPSA) is 30.2 Å². The van der Waals surface area contributed by atoms with Crippen LogP contribution in [0, 0.1) is 13.8 Å². The standard InChI is InChI=1S/C16H15N3/c1-10-9-11(2)19-14-8-7-12-5-3-4-6-13(12)15(14)18-16(19)17-10/h3-6,9H,7-8H2,1-2H3. The third kappa shape index (κ3) is 1.44. The van der Waals surface area contributed by atoms with Gasteiger partial charge in [-0.1, -0.05) is 24.3 Å². The highest BCUT2D eigenvalue weighted by Gasteiger charge is 2.22. The second-order valence-electron chi connectivity index (χ2n) is 5.24. The lowest BCUT2D eigenvalue weighted by atomic mass is 9.92. The smallest absolute Gasteiger partial charge is 0.234 e. The molecule has 0 aliphatic heterocycles. The molecule has 1 aliphatic carbocycles.